The Kier molecular flexibility index (Phi) is 5.61. The number of hydrogen-bond donors (Lipinski definition) is 0. The third-order valence-corrected chi connectivity index (χ3v) is 1.03. The third-order valence-electron chi connectivity index (χ3n) is 1.03. The second-order valence-corrected chi connectivity index (χ2v) is 1.97. The van der Waals surface area contributed by atoms with E-state index in [0.29, 0.717) is 0 Å². The normalized spacial score (nSPS) is 10.8. The van der Waals surface area contributed by atoms with Gasteiger partial charge in [0.15, 0.2) is 0 Å². The molecule has 0 aromatic rings. The Balaban J connectivity index is 3.95. The summed E-state index contributed by atoms with van der Waals surface area (Å²) in [5.74, 6) is -1.44. The van der Waals surface area contributed by atoms with E-state index in [0.717, 1.165) is 0 Å². The topological polar surface area (TPSA) is 43.4 Å². The van der Waals surface area contributed by atoms with Crippen LogP contribution in [0.4, 0.5) is 0 Å². The third kappa shape index (κ3) is 4.44. The maximum absolute atomic E-state index is 10.8. The summed E-state index contributed by atoms with van der Waals surface area (Å²) in [6.45, 7) is 3.70. The van der Waals surface area contributed by atoms with E-state index in [2.05, 4.69) is 4.74 Å². The van der Waals surface area contributed by atoms with E-state index in [1.54, 1.807) is 19.1 Å². The number of ether oxygens (including phenoxy) is 1. The molecule has 3 heteroatoms. The van der Waals surface area contributed by atoms with Gasteiger partial charge in [0.1, 0.15) is 0 Å². The van der Waals surface area contributed by atoms with Gasteiger partial charge in [-0.25, -0.2) is 4.79 Å². The van der Waals surface area contributed by atoms with Crippen LogP contribution in [0.3, 0.4) is 0 Å². The fourth-order valence-corrected chi connectivity index (χ4v) is 0.524. The number of allylic oxidation sites excluding steroid dienone is 3. The molecule has 0 saturated carbocycles. The van der Waals surface area contributed by atoms with Crippen molar-refractivity contribution >= 4 is 11.8 Å². The predicted octanol–water partition coefficient (Wildman–Crippen LogP) is 1.25. The Morgan fingerprint density at radius 1 is 1.33 bits per heavy atom. The molecule has 0 aliphatic rings. The van der Waals surface area contributed by atoms with E-state index in [1.807, 2.05) is 6.92 Å². The van der Waals surface area contributed by atoms with Gasteiger partial charge in [-0.1, -0.05) is 18.2 Å². The molecule has 66 valence electrons. The van der Waals surface area contributed by atoms with Gasteiger partial charge in [-0.3, -0.25) is 4.79 Å². The predicted molar refractivity (Wildman–Crippen MR) is 45.6 cm³/mol. The lowest BCUT2D eigenvalue weighted by atomic mass is 10.3. The lowest BCUT2D eigenvalue weighted by molar-refractivity contribution is -0.151. The standard InChI is InChI=1S/C9H12O3/c1-3-5-6-7-8(10)9(11)12-4-2/h3,5-7H,4H2,1-2H3. The average Bonchev–Trinajstić information content (AvgIpc) is 2.05. The van der Waals surface area contributed by atoms with Gasteiger partial charge in [-0.2, -0.15) is 0 Å². The Morgan fingerprint density at radius 3 is 2.50 bits per heavy atom. The zero-order valence-electron chi connectivity index (χ0n) is 7.24. The maximum atomic E-state index is 10.8. The molecule has 0 rings (SSSR count). The minimum Gasteiger partial charge on any atom is -0.460 e. The minimum atomic E-state index is -0.807. The Hall–Kier alpha value is -1.38. The molecule has 0 saturated heterocycles. The molecule has 12 heavy (non-hydrogen) atoms. The first-order valence-corrected chi connectivity index (χ1v) is 3.72. The molecule has 0 bridgehead atoms. The van der Waals surface area contributed by atoms with Crippen molar-refractivity contribution in [3.8, 4) is 0 Å². The smallest absolute Gasteiger partial charge is 0.379 e. The molecule has 3 nitrogen and oxygen atoms in total. The summed E-state index contributed by atoms with van der Waals surface area (Å²) >= 11 is 0. The van der Waals surface area contributed by atoms with Crippen molar-refractivity contribution < 1.29 is 14.3 Å². The Morgan fingerprint density at radius 2 is 2.00 bits per heavy atom. The van der Waals surface area contributed by atoms with Crippen LogP contribution >= 0.6 is 0 Å². The first kappa shape index (κ1) is 10.6. The SMILES string of the molecule is CC=CC=CC(=O)C(=O)OCC. The first-order chi connectivity index (χ1) is 5.72. The van der Waals surface area contributed by atoms with Crippen molar-refractivity contribution in [3.63, 3.8) is 0 Å². The largest absolute Gasteiger partial charge is 0.460 e. The van der Waals surface area contributed by atoms with Gasteiger partial charge in [-0.15, -0.1) is 0 Å². The number of carbonyl (C=O) groups is 2. The van der Waals surface area contributed by atoms with Crippen molar-refractivity contribution in [2.24, 2.45) is 0 Å². The summed E-state index contributed by atoms with van der Waals surface area (Å²) in [6.07, 6.45) is 6.10. The van der Waals surface area contributed by atoms with Gasteiger partial charge in [0.05, 0.1) is 6.61 Å². The molecule has 0 spiro atoms. The van der Waals surface area contributed by atoms with E-state index in [-0.39, 0.29) is 6.61 Å². The van der Waals surface area contributed by atoms with E-state index in [4.69, 9.17) is 0 Å². The van der Waals surface area contributed by atoms with Gasteiger partial charge in [0.2, 0.25) is 0 Å². The minimum absolute atomic E-state index is 0.224. The molecule has 0 fully saturated rings. The van der Waals surface area contributed by atoms with Crippen LogP contribution in [-0.4, -0.2) is 18.4 Å². The second-order valence-electron chi connectivity index (χ2n) is 1.97. The Labute approximate surface area is 71.7 Å². The van der Waals surface area contributed by atoms with E-state index < -0.39 is 11.8 Å². The summed E-state index contributed by atoms with van der Waals surface area (Å²) in [6, 6.07) is 0. The average molecular weight is 168 g/mol. The molecule has 0 unspecified atom stereocenters. The second kappa shape index (κ2) is 6.34. The van der Waals surface area contributed by atoms with Crippen molar-refractivity contribution in [1.82, 2.24) is 0 Å². The quantitative estimate of drug-likeness (QED) is 0.274. The highest BCUT2D eigenvalue weighted by Gasteiger charge is 2.09. The van der Waals surface area contributed by atoms with E-state index in [9.17, 15) is 9.59 Å². The molecule has 0 aliphatic heterocycles. The van der Waals surface area contributed by atoms with E-state index >= 15 is 0 Å². The summed E-state index contributed by atoms with van der Waals surface area (Å²) in [4.78, 5) is 21.5. The summed E-state index contributed by atoms with van der Waals surface area (Å²) in [5.41, 5.74) is 0. The number of rotatable bonds is 4. The summed E-state index contributed by atoms with van der Waals surface area (Å²) in [7, 11) is 0. The number of carbonyl (C=O) groups excluding carboxylic acids is 2. The summed E-state index contributed by atoms with van der Waals surface area (Å²) < 4.78 is 4.47. The molecular formula is C9H12O3. The van der Waals surface area contributed by atoms with Gasteiger partial charge in [-0.05, 0) is 19.9 Å². The monoisotopic (exact) mass is 168 g/mol. The molecule has 0 radical (unpaired) electrons. The van der Waals surface area contributed by atoms with E-state index in [1.165, 1.54) is 12.2 Å². The fourth-order valence-electron chi connectivity index (χ4n) is 0.524. The van der Waals surface area contributed by atoms with Crippen molar-refractivity contribution in [2.45, 2.75) is 13.8 Å². The van der Waals surface area contributed by atoms with Crippen LogP contribution in [0, 0.1) is 0 Å². The zero-order chi connectivity index (χ0) is 9.40. The van der Waals surface area contributed by atoms with Crippen molar-refractivity contribution in [1.29, 1.82) is 0 Å². The van der Waals surface area contributed by atoms with Gasteiger partial charge in [0.25, 0.3) is 5.78 Å². The van der Waals surface area contributed by atoms with Crippen LogP contribution in [0.2, 0.25) is 0 Å². The van der Waals surface area contributed by atoms with Crippen molar-refractivity contribution in [2.75, 3.05) is 6.61 Å². The summed E-state index contributed by atoms with van der Waals surface area (Å²) in [5, 5.41) is 0. The lowest BCUT2D eigenvalue weighted by Crippen LogP contribution is -2.14. The van der Waals surface area contributed by atoms with Crippen LogP contribution in [0.1, 0.15) is 13.8 Å². The van der Waals surface area contributed by atoms with Crippen LogP contribution in [-0.2, 0) is 14.3 Å². The van der Waals surface area contributed by atoms with Gasteiger partial charge in [0, 0.05) is 0 Å². The maximum Gasteiger partial charge on any atom is 0.379 e. The van der Waals surface area contributed by atoms with Crippen molar-refractivity contribution in [3.05, 3.63) is 24.3 Å². The number of esters is 1. The number of ketones is 1. The number of hydrogen-bond acceptors (Lipinski definition) is 3. The van der Waals surface area contributed by atoms with Crippen LogP contribution < -0.4 is 0 Å². The highest BCUT2D eigenvalue weighted by molar-refractivity contribution is 6.38. The molecule has 0 atom stereocenters. The van der Waals surface area contributed by atoms with Gasteiger partial charge < -0.3 is 4.74 Å². The molecule has 0 aliphatic carbocycles. The first-order valence-electron chi connectivity index (χ1n) is 3.72. The zero-order valence-corrected chi connectivity index (χ0v) is 7.24. The fraction of sp³-hybridized carbons (Fsp3) is 0.333. The highest BCUT2D eigenvalue weighted by atomic mass is 16.5. The molecule has 0 amide bonds. The Bertz CT molecular complexity index is 214. The molecule has 0 N–H and O–H groups in total. The molecular weight excluding hydrogens is 156 g/mol. The highest BCUT2D eigenvalue weighted by Crippen LogP contribution is 1.84. The lowest BCUT2D eigenvalue weighted by Gasteiger charge is -1.94. The molecule has 0 aromatic carbocycles. The molecule has 0 aromatic heterocycles. The van der Waals surface area contributed by atoms with Crippen LogP contribution in [0.15, 0.2) is 24.3 Å². The van der Waals surface area contributed by atoms with Crippen LogP contribution in [0.5, 0.6) is 0 Å². The molecule has 0 heterocycles. The van der Waals surface area contributed by atoms with Crippen LogP contribution in [0.25, 0.3) is 0 Å². The van der Waals surface area contributed by atoms with Gasteiger partial charge >= 0.3 is 5.97 Å².